The molecule has 10 heteroatoms. The van der Waals surface area contributed by atoms with Crippen molar-refractivity contribution in [1.82, 2.24) is 4.72 Å². The van der Waals surface area contributed by atoms with Crippen molar-refractivity contribution in [2.45, 2.75) is 44.6 Å². The van der Waals surface area contributed by atoms with Gasteiger partial charge in [-0.2, -0.15) is 0 Å². The van der Waals surface area contributed by atoms with Gasteiger partial charge in [-0.05, 0) is 56.4 Å². The SMILES string of the molecule is C=CCOC(=O)[C@@H](N)CCCN=C(N)NS(=O)(=O)c1c(C)cc(OC)c(C)c1C. The minimum atomic E-state index is -3.92. The highest BCUT2D eigenvalue weighted by Gasteiger charge is 2.23. The van der Waals surface area contributed by atoms with Crippen molar-refractivity contribution in [2.75, 3.05) is 20.3 Å². The Hall–Kier alpha value is -2.59. The van der Waals surface area contributed by atoms with Gasteiger partial charge in [-0.1, -0.05) is 12.7 Å². The van der Waals surface area contributed by atoms with Crippen LogP contribution in [0.3, 0.4) is 0 Å². The maximum absolute atomic E-state index is 12.8. The molecular formula is C19H30N4O5S. The van der Waals surface area contributed by atoms with Crippen LogP contribution in [0.2, 0.25) is 0 Å². The molecule has 0 aromatic heterocycles. The maximum atomic E-state index is 12.8. The average Bonchev–Trinajstić information content (AvgIpc) is 2.65. The van der Waals surface area contributed by atoms with E-state index in [1.54, 1.807) is 26.8 Å². The first-order chi connectivity index (χ1) is 13.5. The topological polar surface area (TPSA) is 146 Å². The minimum Gasteiger partial charge on any atom is -0.496 e. The number of aliphatic imine (C=N–C) groups is 1. The molecule has 5 N–H and O–H groups in total. The fourth-order valence-electron chi connectivity index (χ4n) is 2.74. The number of hydrogen-bond donors (Lipinski definition) is 3. The fraction of sp³-hybridized carbons (Fsp3) is 0.474. The van der Waals surface area contributed by atoms with Crippen molar-refractivity contribution in [1.29, 1.82) is 0 Å². The van der Waals surface area contributed by atoms with E-state index < -0.39 is 22.0 Å². The Balaban J connectivity index is 2.76. The lowest BCUT2D eigenvalue weighted by molar-refractivity contribution is -0.144. The summed E-state index contributed by atoms with van der Waals surface area (Å²) in [5.41, 5.74) is 13.3. The monoisotopic (exact) mass is 426 g/mol. The highest BCUT2D eigenvalue weighted by molar-refractivity contribution is 7.90. The Morgan fingerprint density at radius 2 is 2.00 bits per heavy atom. The van der Waals surface area contributed by atoms with E-state index in [1.165, 1.54) is 13.2 Å². The van der Waals surface area contributed by atoms with Gasteiger partial charge in [0.2, 0.25) is 5.96 Å². The van der Waals surface area contributed by atoms with Crippen molar-refractivity contribution in [2.24, 2.45) is 16.5 Å². The second kappa shape index (κ2) is 10.8. The van der Waals surface area contributed by atoms with Crippen molar-refractivity contribution < 1.29 is 22.7 Å². The minimum absolute atomic E-state index is 0.100. The number of nitrogens with one attached hydrogen (secondary N) is 1. The molecule has 9 nitrogen and oxygen atoms in total. The maximum Gasteiger partial charge on any atom is 0.323 e. The van der Waals surface area contributed by atoms with E-state index in [0.29, 0.717) is 29.7 Å². The summed E-state index contributed by atoms with van der Waals surface area (Å²) in [6.07, 6.45) is 2.22. The molecule has 0 saturated heterocycles. The van der Waals surface area contributed by atoms with Gasteiger partial charge in [0.1, 0.15) is 18.4 Å². The molecular weight excluding hydrogens is 396 g/mol. The van der Waals surface area contributed by atoms with Gasteiger partial charge in [-0.25, -0.2) is 13.1 Å². The van der Waals surface area contributed by atoms with Crippen LogP contribution < -0.4 is 20.9 Å². The summed E-state index contributed by atoms with van der Waals surface area (Å²) >= 11 is 0. The van der Waals surface area contributed by atoms with Gasteiger partial charge in [-0.15, -0.1) is 0 Å². The van der Waals surface area contributed by atoms with Gasteiger partial charge in [0.15, 0.2) is 0 Å². The molecule has 0 bridgehead atoms. The van der Waals surface area contributed by atoms with Gasteiger partial charge >= 0.3 is 5.97 Å². The molecule has 1 aromatic carbocycles. The number of carbonyl (C=O) groups is 1. The molecule has 0 aliphatic rings. The second-order valence-electron chi connectivity index (χ2n) is 6.51. The number of hydrogen-bond acceptors (Lipinski definition) is 7. The Labute approximate surface area is 172 Å². The molecule has 0 amide bonds. The third-order valence-corrected chi connectivity index (χ3v) is 5.95. The Kier molecular flexibility index (Phi) is 9.12. The van der Waals surface area contributed by atoms with Crippen molar-refractivity contribution >= 4 is 22.0 Å². The van der Waals surface area contributed by atoms with Crippen LogP contribution in [0.4, 0.5) is 0 Å². The quantitative estimate of drug-likeness (QED) is 0.167. The van der Waals surface area contributed by atoms with Gasteiger partial charge in [0.25, 0.3) is 10.0 Å². The van der Waals surface area contributed by atoms with E-state index in [0.717, 1.165) is 5.56 Å². The number of ether oxygens (including phenoxy) is 2. The van der Waals surface area contributed by atoms with Crippen molar-refractivity contribution in [3.63, 3.8) is 0 Å². The number of aryl methyl sites for hydroxylation is 1. The number of sulfonamides is 1. The fourth-order valence-corrected chi connectivity index (χ4v) is 4.23. The predicted octanol–water partition coefficient (Wildman–Crippen LogP) is 1.05. The first kappa shape index (κ1) is 24.4. The number of benzene rings is 1. The first-order valence-corrected chi connectivity index (χ1v) is 10.5. The summed E-state index contributed by atoms with van der Waals surface area (Å²) in [7, 11) is -2.38. The molecule has 0 saturated carbocycles. The molecule has 0 radical (unpaired) electrons. The highest BCUT2D eigenvalue weighted by atomic mass is 32.2. The summed E-state index contributed by atoms with van der Waals surface area (Å²) in [6.45, 7) is 8.93. The highest BCUT2D eigenvalue weighted by Crippen LogP contribution is 2.30. The van der Waals surface area contributed by atoms with Crippen molar-refractivity contribution in [3.8, 4) is 5.75 Å². The van der Waals surface area contributed by atoms with E-state index in [1.807, 2.05) is 0 Å². The number of nitrogens with zero attached hydrogens (tertiary/aromatic N) is 1. The van der Waals surface area contributed by atoms with Gasteiger partial charge in [0, 0.05) is 6.54 Å². The smallest absolute Gasteiger partial charge is 0.323 e. The molecule has 1 aromatic rings. The molecule has 162 valence electrons. The summed E-state index contributed by atoms with van der Waals surface area (Å²) in [5.74, 6) is -0.146. The zero-order chi connectivity index (χ0) is 22.2. The number of carbonyl (C=O) groups excluding carboxylic acids is 1. The zero-order valence-corrected chi connectivity index (χ0v) is 18.1. The number of nitrogens with two attached hydrogens (primary N) is 2. The summed E-state index contributed by atoms with van der Waals surface area (Å²) in [4.78, 5) is 15.7. The standard InChI is InChI=1S/C19H30N4O5S/c1-6-10-28-18(24)15(20)8-7-9-22-19(21)23-29(25,26)17-12(2)11-16(27-5)13(3)14(17)4/h6,11,15H,1,7-10,20H2,2-5H3,(H3,21,22,23)/t15-/m0/s1. The Bertz CT molecular complexity index is 881. The predicted molar refractivity (Wildman–Crippen MR) is 112 cm³/mol. The lowest BCUT2D eigenvalue weighted by Crippen LogP contribution is -2.37. The first-order valence-electron chi connectivity index (χ1n) is 9.05. The number of rotatable bonds is 10. The third-order valence-electron chi connectivity index (χ3n) is 4.31. The van der Waals surface area contributed by atoms with Crippen LogP contribution in [-0.4, -0.2) is 46.6 Å². The molecule has 0 fully saturated rings. The van der Waals surface area contributed by atoms with Gasteiger partial charge in [-0.3, -0.25) is 9.79 Å². The largest absolute Gasteiger partial charge is 0.496 e. The molecule has 0 heterocycles. The number of esters is 1. The summed E-state index contributed by atoms with van der Waals surface area (Å²) < 4.78 is 37.9. The lowest BCUT2D eigenvalue weighted by Gasteiger charge is -2.17. The third kappa shape index (κ3) is 6.75. The van der Waals surface area contributed by atoms with Crippen LogP contribution in [0.1, 0.15) is 29.5 Å². The molecule has 0 aliphatic carbocycles. The molecule has 1 rings (SSSR count). The van der Waals surface area contributed by atoms with Crippen LogP contribution in [-0.2, 0) is 19.6 Å². The molecule has 0 unspecified atom stereocenters. The van der Waals surface area contributed by atoms with Gasteiger partial charge in [0.05, 0.1) is 12.0 Å². The molecule has 1 atom stereocenters. The molecule has 0 aliphatic heterocycles. The van der Waals surface area contributed by atoms with Crippen LogP contribution in [0.5, 0.6) is 5.75 Å². The Morgan fingerprint density at radius 3 is 2.59 bits per heavy atom. The lowest BCUT2D eigenvalue weighted by atomic mass is 10.1. The van der Waals surface area contributed by atoms with Crippen LogP contribution in [0.25, 0.3) is 0 Å². The molecule has 29 heavy (non-hydrogen) atoms. The second-order valence-corrected chi connectivity index (χ2v) is 8.13. The van der Waals surface area contributed by atoms with Crippen molar-refractivity contribution in [3.05, 3.63) is 35.4 Å². The summed E-state index contributed by atoms with van der Waals surface area (Å²) in [6, 6.07) is 0.882. The van der Waals surface area contributed by atoms with E-state index in [2.05, 4.69) is 16.3 Å². The van der Waals surface area contributed by atoms with E-state index in [-0.39, 0.29) is 24.0 Å². The number of methoxy groups -OCH3 is 1. The van der Waals surface area contributed by atoms with Crippen LogP contribution in [0.15, 0.2) is 28.6 Å². The van der Waals surface area contributed by atoms with Gasteiger partial charge < -0.3 is 20.9 Å². The van der Waals surface area contributed by atoms with Crippen LogP contribution in [0, 0.1) is 20.8 Å². The Morgan fingerprint density at radius 1 is 1.34 bits per heavy atom. The summed E-state index contributed by atoms with van der Waals surface area (Å²) in [5, 5.41) is 0. The molecule has 0 spiro atoms. The van der Waals surface area contributed by atoms with E-state index >= 15 is 0 Å². The van der Waals surface area contributed by atoms with E-state index in [4.69, 9.17) is 20.9 Å². The number of guanidine groups is 1. The van der Waals surface area contributed by atoms with E-state index in [9.17, 15) is 13.2 Å². The van der Waals surface area contributed by atoms with Crippen LogP contribution >= 0.6 is 0 Å². The average molecular weight is 427 g/mol. The normalized spacial score (nSPS) is 12.9. The zero-order valence-electron chi connectivity index (χ0n) is 17.3.